The van der Waals surface area contributed by atoms with Crippen LogP contribution in [-0.4, -0.2) is 29.0 Å². The molecule has 0 saturated heterocycles. The molecule has 0 fully saturated rings. The molecule has 5 nitrogen and oxygen atoms in total. The van der Waals surface area contributed by atoms with Gasteiger partial charge in [-0.1, -0.05) is 24.3 Å². The molecule has 2 aromatic heterocycles. The number of H-pyrrole nitrogens is 1. The number of halogens is 1. The van der Waals surface area contributed by atoms with E-state index in [0.29, 0.717) is 6.54 Å². The lowest BCUT2D eigenvalue weighted by atomic mass is 10.1. The van der Waals surface area contributed by atoms with Crippen molar-refractivity contribution >= 4 is 40.8 Å². The third kappa shape index (κ3) is 5.45. The van der Waals surface area contributed by atoms with Crippen molar-refractivity contribution in [1.29, 1.82) is 0 Å². The van der Waals surface area contributed by atoms with E-state index in [1.54, 1.807) is 0 Å². The molecule has 0 aliphatic heterocycles. The van der Waals surface area contributed by atoms with Gasteiger partial charge in [0, 0.05) is 36.4 Å². The highest BCUT2D eigenvalue weighted by molar-refractivity contribution is 14.0. The summed E-state index contributed by atoms with van der Waals surface area (Å²) in [5.41, 5.74) is 6.02. The molecule has 3 rings (SSSR count). The van der Waals surface area contributed by atoms with Crippen molar-refractivity contribution in [2.24, 2.45) is 4.99 Å². The van der Waals surface area contributed by atoms with Crippen molar-refractivity contribution in [1.82, 2.24) is 20.6 Å². The molecular formula is C21H28IN5. The Hall–Kier alpha value is -2.09. The van der Waals surface area contributed by atoms with Crippen molar-refractivity contribution in [2.75, 3.05) is 13.1 Å². The average Bonchev–Trinajstić information content (AvgIpc) is 3.05. The number of fused-ring (bicyclic) bond motifs is 1. The predicted molar refractivity (Wildman–Crippen MR) is 124 cm³/mol. The number of hydrogen-bond acceptors (Lipinski definition) is 2. The zero-order valence-corrected chi connectivity index (χ0v) is 18.5. The number of benzene rings is 1. The molecular weight excluding hydrogens is 449 g/mol. The summed E-state index contributed by atoms with van der Waals surface area (Å²) in [6.07, 6.45) is 4.87. The predicted octanol–water partition coefficient (Wildman–Crippen LogP) is 4.10. The second-order valence-corrected chi connectivity index (χ2v) is 6.45. The van der Waals surface area contributed by atoms with Gasteiger partial charge in [-0.25, -0.2) is 4.99 Å². The van der Waals surface area contributed by atoms with Gasteiger partial charge < -0.3 is 15.6 Å². The number of aromatic nitrogens is 2. The quantitative estimate of drug-likeness (QED) is 0.285. The van der Waals surface area contributed by atoms with E-state index in [-0.39, 0.29) is 24.0 Å². The average molecular weight is 477 g/mol. The molecule has 6 heteroatoms. The number of hydrogen-bond donors (Lipinski definition) is 3. The molecule has 27 heavy (non-hydrogen) atoms. The monoisotopic (exact) mass is 477 g/mol. The number of para-hydroxylation sites is 1. The van der Waals surface area contributed by atoms with E-state index in [4.69, 9.17) is 0 Å². The van der Waals surface area contributed by atoms with Crippen LogP contribution in [0.3, 0.4) is 0 Å². The minimum Gasteiger partial charge on any atom is -0.361 e. The van der Waals surface area contributed by atoms with Gasteiger partial charge in [0.2, 0.25) is 0 Å². The third-order valence-corrected chi connectivity index (χ3v) is 4.55. The van der Waals surface area contributed by atoms with Crippen molar-refractivity contribution < 1.29 is 0 Å². The third-order valence-electron chi connectivity index (χ3n) is 4.55. The fourth-order valence-corrected chi connectivity index (χ4v) is 3.07. The van der Waals surface area contributed by atoms with Gasteiger partial charge in [0.15, 0.2) is 5.96 Å². The maximum Gasteiger partial charge on any atom is 0.191 e. The van der Waals surface area contributed by atoms with Gasteiger partial charge >= 0.3 is 0 Å². The highest BCUT2D eigenvalue weighted by Crippen LogP contribution is 2.21. The second kappa shape index (κ2) is 10.3. The maximum atomic E-state index is 4.66. The number of pyridine rings is 1. The van der Waals surface area contributed by atoms with Crippen LogP contribution in [0, 0.1) is 13.8 Å². The first-order valence-electron chi connectivity index (χ1n) is 9.17. The lowest BCUT2D eigenvalue weighted by Crippen LogP contribution is -2.38. The molecule has 144 valence electrons. The fraction of sp³-hybridized carbons (Fsp3) is 0.333. The summed E-state index contributed by atoms with van der Waals surface area (Å²) in [6, 6.07) is 10.4. The lowest BCUT2D eigenvalue weighted by molar-refractivity contribution is 0.797. The van der Waals surface area contributed by atoms with Gasteiger partial charge in [-0.15, -0.1) is 24.0 Å². The first kappa shape index (κ1) is 21.2. The van der Waals surface area contributed by atoms with Crippen LogP contribution in [0.1, 0.15) is 29.3 Å². The van der Waals surface area contributed by atoms with E-state index in [9.17, 15) is 0 Å². The Morgan fingerprint density at radius 2 is 1.93 bits per heavy atom. The number of aryl methyl sites for hydroxylation is 2. The number of guanidine groups is 1. The molecule has 2 heterocycles. The molecule has 0 unspecified atom stereocenters. The summed E-state index contributed by atoms with van der Waals surface area (Å²) < 4.78 is 0. The second-order valence-electron chi connectivity index (χ2n) is 6.45. The Labute approximate surface area is 178 Å². The Balaban J connectivity index is 0.00000261. The van der Waals surface area contributed by atoms with Crippen LogP contribution in [-0.2, 0) is 13.0 Å². The molecule has 1 aromatic carbocycles. The topological polar surface area (TPSA) is 65.1 Å². The van der Waals surface area contributed by atoms with E-state index in [2.05, 4.69) is 76.8 Å². The fourth-order valence-electron chi connectivity index (χ4n) is 3.07. The van der Waals surface area contributed by atoms with Gasteiger partial charge in [0.25, 0.3) is 0 Å². The van der Waals surface area contributed by atoms with Crippen LogP contribution < -0.4 is 10.6 Å². The van der Waals surface area contributed by atoms with E-state index in [1.807, 2.05) is 12.3 Å². The Morgan fingerprint density at radius 1 is 1.11 bits per heavy atom. The van der Waals surface area contributed by atoms with E-state index >= 15 is 0 Å². The summed E-state index contributed by atoms with van der Waals surface area (Å²) in [5, 5.41) is 8.03. The molecule has 0 spiro atoms. The summed E-state index contributed by atoms with van der Waals surface area (Å²) in [5.74, 6) is 0.827. The zero-order chi connectivity index (χ0) is 18.4. The van der Waals surface area contributed by atoms with Crippen LogP contribution >= 0.6 is 24.0 Å². The molecule has 0 amide bonds. The van der Waals surface area contributed by atoms with Crippen LogP contribution in [0.15, 0.2) is 47.7 Å². The minimum absolute atomic E-state index is 0. The van der Waals surface area contributed by atoms with Crippen LogP contribution in [0.5, 0.6) is 0 Å². The molecule has 3 N–H and O–H groups in total. The van der Waals surface area contributed by atoms with E-state index in [1.165, 1.54) is 27.6 Å². The zero-order valence-electron chi connectivity index (χ0n) is 16.2. The first-order valence-corrected chi connectivity index (χ1v) is 9.17. The van der Waals surface area contributed by atoms with Crippen molar-refractivity contribution in [3.63, 3.8) is 0 Å². The van der Waals surface area contributed by atoms with Crippen LogP contribution in [0.4, 0.5) is 0 Å². The summed E-state index contributed by atoms with van der Waals surface area (Å²) >= 11 is 0. The SMILES string of the molecule is CCNC(=NCc1ncccc1C)NCCc1c[nH]c2c(C)cccc12.I. The Kier molecular flexibility index (Phi) is 8.09. The highest BCUT2D eigenvalue weighted by Gasteiger charge is 2.06. The Bertz CT molecular complexity index is 900. The minimum atomic E-state index is 0. The molecule has 0 bridgehead atoms. The number of aliphatic imine (C=N–C) groups is 1. The first-order chi connectivity index (χ1) is 12.7. The number of rotatable bonds is 6. The van der Waals surface area contributed by atoms with Gasteiger partial charge in [0.1, 0.15) is 0 Å². The van der Waals surface area contributed by atoms with Gasteiger partial charge in [-0.3, -0.25) is 4.98 Å². The van der Waals surface area contributed by atoms with Crippen molar-refractivity contribution in [3.05, 3.63) is 65.1 Å². The standard InChI is InChI=1S/C21H27N5.HI/c1-4-22-21(26-14-19-15(2)8-6-11-23-19)24-12-10-17-13-25-20-16(3)7-5-9-18(17)20;/h5-9,11,13,25H,4,10,12,14H2,1-3H3,(H2,22,24,26);1H. The number of nitrogens with zero attached hydrogens (tertiary/aromatic N) is 2. The van der Waals surface area contributed by atoms with Gasteiger partial charge in [-0.2, -0.15) is 0 Å². The molecule has 0 atom stereocenters. The molecule has 3 aromatic rings. The lowest BCUT2D eigenvalue weighted by Gasteiger charge is -2.11. The number of aromatic amines is 1. The smallest absolute Gasteiger partial charge is 0.191 e. The van der Waals surface area contributed by atoms with E-state index in [0.717, 1.165) is 31.2 Å². The maximum absolute atomic E-state index is 4.66. The van der Waals surface area contributed by atoms with Crippen LogP contribution in [0.2, 0.25) is 0 Å². The van der Waals surface area contributed by atoms with Gasteiger partial charge in [0.05, 0.1) is 12.2 Å². The summed E-state index contributed by atoms with van der Waals surface area (Å²) in [6.45, 7) is 8.51. The molecule has 0 aliphatic carbocycles. The summed E-state index contributed by atoms with van der Waals surface area (Å²) in [7, 11) is 0. The largest absolute Gasteiger partial charge is 0.361 e. The highest BCUT2D eigenvalue weighted by atomic mass is 127. The molecule has 0 radical (unpaired) electrons. The van der Waals surface area contributed by atoms with Gasteiger partial charge in [-0.05, 0) is 49.9 Å². The van der Waals surface area contributed by atoms with Crippen LogP contribution in [0.25, 0.3) is 10.9 Å². The van der Waals surface area contributed by atoms with Crippen molar-refractivity contribution in [2.45, 2.75) is 33.7 Å². The van der Waals surface area contributed by atoms with Crippen molar-refractivity contribution in [3.8, 4) is 0 Å². The summed E-state index contributed by atoms with van der Waals surface area (Å²) in [4.78, 5) is 12.5. The number of nitrogens with one attached hydrogen (secondary N) is 3. The van der Waals surface area contributed by atoms with E-state index < -0.39 is 0 Å². The normalized spacial score (nSPS) is 11.3. The molecule has 0 saturated carbocycles. The molecule has 0 aliphatic rings. The Morgan fingerprint density at radius 3 is 2.70 bits per heavy atom.